The van der Waals surface area contributed by atoms with Crippen molar-refractivity contribution in [3.8, 4) is 5.75 Å². The molecule has 0 saturated carbocycles. The van der Waals surface area contributed by atoms with E-state index in [-0.39, 0.29) is 9.79 Å². The van der Waals surface area contributed by atoms with E-state index in [9.17, 15) is 13.5 Å². The third kappa shape index (κ3) is 3.09. The van der Waals surface area contributed by atoms with Gasteiger partial charge in [0.1, 0.15) is 5.76 Å². The molecule has 4 rings (SSSR count). The molecule has 2 N–H and O–H groups in total. The fraction of sp³-hybridized carbons (Fsp3) is 0.333. The molecule has 0 radical (unpaired) electrons. The van der Waals surface area contributed by atoms with Crippen LogP contribution in [0, 0.1) is 0 Å². The van der Waals surface area contributed by atoms with Crippen LogP contribution in [0.5, 0.6) is 5.75 Å². The zero-order valence-corrected chi connectivity index (χ0v) is 16.9. The molecule has 28 heavy (non-hydrogen) atoms. The first-order valence-electron chi connectivity index (χ1n) is 9.13. The summed E-state index contributed by atoms with van der Waals surface area (Å²) in [6.07, 6.45) is 0.758. The predicted octanol–water partition coefficient (Wildman–Crippen LogP) is 3.15. The van der Waals surface area contributed by atoms with Crippen molar-refractivity contribution in [1.29, 1.82) is 0 Å². The molecule has 0 bridgehead atoms. The summed E-state index contributed by atoms with van der Waals surface area (Å²) in [5.74, 6) is 1.27. The molecule has 1 aliphatic rings. The maximum Gasteiger partial charge on any atom is 0.206 e. The van der Waals surface area contributed by atoms with Gasteiger partial charge in [0.2, 0.25) is 9.84 Å². The average molecular weight is 401 g/mol. The van der Waals surface area contributed by atoms with E-state index in [2.05, 4.69) is 5.32 Å². The molecule has 0 unspecified atom stereocenters. The standard InChI is InChI=1S/C21H23NO5S/c1-21(2,23)13-4-6-14(7-5-13)28(24,25)15-10-16-17-12-22-9-8-18(17)27-20(16)19(11-15)26-3/h4-7,10-11,22-23H,8-9,12H2,1-3H3. The molecule has 1 aliphatic heterocycles. The Hall–Kier alpha value is -2.35. The molecule has 3 aromatic rings. The van der Waals surface area contributed by atoms with E-state index in [0.29, 0.717) is 23.4 Å². The molecule has 6 nitrogen and oxygen atoms in total. The van der Waals surface area contributed by atoms with Gasteiger partial charge in [0, 0.05) is 36.5 Å². The number of benzene rings is 2. The van der Waals surface area contributed by atoms with Crippen molar-refractivity contribution in [2.45, 2.75) is 42.2 Å². The number of hydrogen-bond donors (Lipinski definition) is 2. The van der Waals surface area contributed by atoms with Crippen molar-refractivity contribution >= 4 is 20.8 Å². The van der Waals surface area contributed by atoms with Crippen LogP contribution < -0.4 is 10.1 Å². The van der Waals surface area contributed by atoms with Gasteiger partial charge in [-0.25, -0.2) is 8.42 Å². The third-order valence-electron chi connectivity index (χ3n) is 5.15. The molecule has 148 valence electrons. The monoisotopic (exact) mass is 401 g/mol. The molecule has 0 atom stereocenters. The van der Waals surface area contributed by atoms with Gasteiger partial charge in [0.15, 0.2) is 11.3 Å². The largest absolute Gasteiger partial charge is 0.493 e. The van der Waals surface area contributed by atoms with Crippen molar-refractivity contribution in [3.63, 3.8) is 0 Å². The number of ether oxygens (including phenoxy) is 1. The van der Waals surface area contributed by atoms with E-state index in [1.165, 1.54) is 25.3 Å². The smallest absolute Gasteiger partial charge is 0.206 e. The topological polar surface area (TPSA) is 88.8 Å². The second kappa shape index (κ2) is 6.62. The SMILES string of the molecule is COc1cc(S(=O)(=O)c2ccc(C(C)(C)O)cc2)cc2c3c(oc12)CCNC3. The minimum absolute atomic E-state index is 0.155. The Morgan fingerprint density at radius 1 is 1.14 bits per heavy atom. The fourth-order valence-electron chi connectivity index (χ4n) is 3.54. The van der Waals surface area contributed by atoms with Crippen molar-refractivity contribution in [1.82, 2.24) is 5.32 Å². The fourth-order valence-corrected chi connectivity index (χ4v) is 4.84. The number of nitrogens with one attached hydrogen (secondary N) is 1. The Bertz CT molecular complexity index is 1140. The quantitative estimate of drug-likeness (QED) is 0.698. The molecule has 2 aromatic carbocycles. The summed E-state index contributed by atoms with van der Waals surface area (Å²) in [7, 11) is -2.25. The van der Waals surface area contributed by atoms with Gasteiger partial charge >= 0.3 is 0 Å². The molecule has 0 amide bonds. The predicted molar refractivity (Wildman–Crippen MR) is 105 cm³/mol. The lowest BCUT2D eigenvalue weighted by molar-refractivity contribution is 0.0785. The van der Waals surface area contributed by atoms with Gasteiger partial charge in [-0.1, -0.05) is 12.1 Å². The zero-order chi connectivity index (χ0) is 20.1. The normalized spacial score (nSPS) is 14.9. The van der Waals surface area contributed by atoms with Crippen LogP contribution in [0.25, 0.3) is 11.0 Å². The summed E-state index contributed by atoms with van der Waals surface area (Å²) in [4.78, 5) is 0.319. The van der Waals surface area contributed by atoms with Crippen LogP contribution in [0.15, 0.2) is 50.6 Å². The first-order valence-corrected chi connectivity index (χ1v) is 10.6. The summed E-state index contributed by atoms with van der Waals surface area (Å²) in [5, 5.41) is 14.1. The molecule has 1 aromatic heterocycles. The van der Waals surface area contributed by atoms with Crippen LogP contribution in [0.1, 0.15) is 30.7 Å². The van der Waals surface area contributed by atoms with Gasteiger partial charge in [0.05, 0.1) is 22.5 Å². The Labute approximate surface area is 164 Å². The molecule has 0 aliphatic carbocycles. The maximum absolute atomic E-state index is 13.2. The lowest BCUT2D eigenvalue weighted by atomic mass is 9.99. The van der Waals surface area contributed by atoms with Crippen LogP contribution in [0.3, 0.4) is 0 Å². The van der Waals surface area contributed by atoms with Gasteiger partial charge < -0.3 is 19.6 Å². The molecular formula is C21H23NO5S. The van der Waals surface area contributed by atoms with E-state index >= 15 is 0 Å². The van der Waals surface area contributed by atoms with E-state index in [1.807, 2.05) is 0 Å². The second-order valence-electron chi connectivity index (χ2n) is 7.52. The number of aliphatic hydroxyl groups is 1. The maximum atomic E-state index is 13.2. The minimum atomic E-state index is -3.75. The van der Waals surface area contributed by atoms with Crippen molar-refractivity contribution in [3.05, 3.63) is 53.3 Å². The van der Waals surface area contributed by atoms with Gasteiger partial charge in [-0.05, 0) is 37.6 Å². The Kier molecular flexibility index (Phi) is 4.49. The minimum Gasteiger partial charge on any atom is -0.493 e. The van der Waals surface area contributed by atoms with Crippen molar-refractivity contribution in [2.75, 3.05) is 13.7 Å². The van der Waals surface area contributed by atoms with Crippen LogP contribution >= 0.6 is 0 Å². The molecule has 0 saturated heterocycles. The Morgan fingerprint density at radius 3 is 2.50 bits per heavy atom. The second-order valence-corrected chi connectivity index (χ2v) is 9.47. The molecule has 0 fully saturated rings. The highest BCUT2D eigenvalue weighted by atomic mass is 32.2. The van der Waals surface area contributed by atoms with Crippen LogP contribution in [0.2, 0.25) is 0 Å². The van der Waals surface area contributed by atoms with Crippen LogP contribution in [-0.2, 0) is 28.4 Å². The van der Waals surface area contributed by atoms with E-state index < -0.39 is 15.4 Å². The van der Waals surface area contributed by atoms with E-state index in [4.69, 9.17) is 9.15 Å². The third-order valence-corrected chi connectivity index (χ3v) is 6.90. The number of fused-ring (bicyclic) bond motifs is 3. The Balaban J connectivity index is 1.85. The van der Waals surface area contributed by atoms with Gasteiger partial charge in [-0.3, -0.25) is 0 Å². The first kappa shape index (κ1) is 19.0. The number of hydrogen-bond acceptors (Lipinski definition) is 6. The number of sulfone groups is 1. The average Bonchev–Trinajstić information content (AvgIpc) is 3.05. The van der Waals surface area contributed by atoms with Gasteiger partial charge in [-0.2, -0.15) is 0 Å². The zero-order valence-electron chi connectivity index (χ0n) is 16.1. The summed E-state index contributed by atoms with van der Waals surface area (Å²) in [6.45, 7) is 4.78. The van der Waals surface area contributed by atoms with Gasteiger partial charge in [-0.15, -0.1) is 0 Å². The highest BCUT2D eigenvalue weighted by Crippen LogP contribution is 2.38. The summed E-state index contributed by atoms with van der Waals surface area (Å²) < 4.78 is 37.8. The lowest BCUT2D eigenvalue weighted by Crippen LogP contribution is -2.22. The van der Waals surface area contributed by atoms with Crippen molar-refractivity contribution in [2.24, 2.45) is 0 Å². The molecule has 2 heterocycles. The highest BCUT2D eigenvalue weighted by molar-refractivity contribution is 7.91. The highest BCUT2D eigenvalue weighted by Gasteiger charge is 2.26. The summed E-state index contributed by atoms with van der Waals surface area (Å²) >= 11 is 0. The van der Waals surface area contributed by atoms with E-state index in [1.54, 1.807) is 32.0 Å². The van der Waals surface area contributed by atoms with Crippen molar-refractivity contribution < 1.29 is 22.7 Å². The number of methoxy groups -OCH3 is 1. The first-order chi connectivity index (χ1) is 13.2. The van der Waals surface area contributed by atoms with E-state index in [0.717, 1.165) is 29.7 Å². The van der Waals surface area contributed by atoms with Gasteiger partial charge in [0.25, 0.3) is 0 Å². The molecule has 0 spiro atoms. The van der Waals surface area contributed by atoms with Crippen LogP contribution in [-0.4, -0.2) is 27.2 Å². The number of rotatable bonds is 4. The molecular weight excluding hydrogens is 378 g/mol. The summed E-state index contributed by atoms with van der Waals surface area (Å²) in [5.41, 5.74) is 1.17. The summed E-state index contributed by atoms with van der Waals surface area (Å²) in [6, 6.07) is 9.46. The Morgan fingerprint density at radius 2 is 1.86 bits per heavy atom. The lowest BCUT2D eigenvalue weighted by Gasteiger charge is -2.18. The molecule has 7 heteroatoms. The number of furan rings is 1. The van der Waals surface area contributed by atoms with Crippen LogP contribution in [0.4, 0.5) is 0 Å².